The summed E-state index contributed by atoms with van der Waals surface area (Å²) in [4.78, 5) is 3.98. The summed E-state index contributed by atoms with van der Waals surface area (Å²) in [5.41, 5.74) is -0.788. The molecule has 1 N–H and O–H groups in total. The van der Waals surface area contributed by atoms with Crippen LogP contribution in [0.3, 0.4) is 0 Å². The Hall–Kier alpha value is -0.660. The Labute approximate surface area is 121 Å². The van der Waals surface area contributed by atoms with Crippen molar-refractivity contribution in [3.63, 3.8) is 0 Å². The van der Waals surface area contributed by atoms with Crippen LogP contribution < -0.4 is 5.32 Å². The first kappa shape index (κ1) is 17.4. The van der Waals surface area contributed by atoms with Crippen molar-refractivity contribution in [3.05, 3.63) is 15.6 Å². The smallest absolute Gasteiger partial charge is 0.374 e. The molecule has 0 aliphatic heterocycles. The zero-order chi connectivity index (χ0) is 15.3. The molecule has 1 atom stereocenters. The molecule has 0 aliphatic rings. The van der Waals surface area contributed by atoms with Gasteiger partial charge in [-0.25, -0.2) is 4.98 Å². The summed E-state index contributed by atoms with van der Waals surface area (Å²) in [6, 6.07) is 0. The second-order valence-corrected chi connectivity index (χ2v) is 6.09. The number of ether oxygens (including phenoxy) is 1. The average Bonchev–Trinajstić information content (AvgIpc) is 2.74. The van der Waals surface area contributed by atoms with Crippen LogP contribution in [0.1, 0.15) is 48.9 Å². The van der Waals surface area contributed by atoms with Gasteiger partial charge >= 0.3 is 6.18 Å². The van der Waals surface area contributed by atoms with Gasteiger partial charge in [-0.05, 0) is 18.9 Å². The van der Waals surface area contributed by atoms with Crippen LogP contribution in [0.4, 0.5) is 13.2 Å². The lowest BCUT2D eigenvalue weighted by Gasteiger charge is -2.08. The first-order valence-corrected chi connectivity index (χ1v) is 7.41. The third-order valence-electron chi connectivity index (χ3n) is 2.75. The molecule has 116 valence electrons. The van der Waals surface area contributed by atoms with E-state index in [-0.39, 0.29) is 17.5 Å². The lowest BCUT2D eigenvalue weighted by atomic mass is 10.2. The van der Waals surface area contributed by atoms with Crippen molar-refractivity contribution in [2.75, 3.05) is 13.7 Å². The number of thiazole rings is 1. The number of alkyl halides is 3. The van der Waals surface area contributed by atoms with Crippen molar-refractivity contribution < 1.29 is 17.9 Å². The van der Waals surface area contributed by atoms with Gasteiger partial charge in [-0.1, -0.05) is 20.8 Å². The molecule has 0 saturated heterocycles. The number of nitrogens with zero attached hydrogens (tertiary/aromatic N) is 1. The summed E-state index contributed by atoms with van der Waals surface area (Å²) < 4.78 is 44.2. The summed E-state index contributed by atoms with van der Waals surface area (Å²) in [5, 5.41) is 3.42. The lowest BCUT2D eigenvalue weighted by Crippen LogP contribution is -2.20. The number of nitrogens with one attached hydrogen (secondary N) is 1. The fourth-order valence-electron chi connectivity index (χ4n) is 1.77. The molecule has 0 fully saturated rings. The topological polar surface area (TPSA) is 34.1 Å². The van der Waals surface area contributed by atoms with Crippen LogP contribution in [0.15, 0.2) is 0 Å². The van der Waals surface area contributed by atoms with Crippen LogP contribution in [-0.4, -0.2) is 18.6 Å². The Morgan fingerprint density at radius 3 is 2.45 bits per heavy atom. The maximum Gasteiger partial charge on any atom is 0.434 e. The SMILES string of the molecule is CCC(OC)c1nc(C(F)(F)F)c(CNCC(C)C)s1. The highest BCUT2D eigenvalue weighted by atomic mass is 32.1. The maximum atomic E-state index is 13.0. The number of hydrogen-bond donors (Lipinski definition) is 1. The van der Waals surface area contributed by atoms with Gasteiger partial charge in [0.1, 0.15) is 11.1 Å². The fourth-order valence-corrected chi connectivity index (χ4v) is 2.98. The van der Waals surface area contributed by atoms with Gasteiger partial charge < -0.3 is 10.1 Å². The zero-order valence-corrected chi connectivity index (χ0v) is 13.0. The molecule has 1 aromatic rings. The molecule has 0 aliphatic carbocycles. The summed E-state index contributed by atoms with van der Waals surface area (Å²) in [7, 11) is 1.49. The third kappa shape index (κ3) is 4.71. The molecule has 0 bridgehead atoms. The molecular formula is C13H21F3N2OS. The predicted molar refractivity (Wildman–Crippen MR) is 73.7 cm³/mol. The van der Waals surface area contributed by atoms with E-state index in [2.05, 4.69) is 10.3 Å². The van der Waals surface area contributed by atoms with Crippen LogP contribution in [-0.2, 0) is 17.5 Å². The number of hydrogen-bond acceptors (Lipinski definition) is 4. The van der Waals surface area contributed by atoms with Crippen molar-refractivity contribution >= 4 is 11.3 Å². The molecule has 1 aromatic heterocycles. The number of halogens is 3. The molecule has 7 heteroatoms. The molecule has 1 rings (SSSR count). The quantitative estimate of drug-likeness (QED) is 0.826. The predicted octanol–water partition coefficient (Wildman–Crippen LogP) is 4.01. The van der Waals surface area contributed by atoms with E-state index in [1.54, 1.807) is 0 Å². The van der Waals surface area contributed by atoms with Crippen molar-refractivity contribution in [1.29, 1.82) is 0 Å². The van der Waals surface area contributed by atoms with Crippen LogP contribution in [0.5, 0.6) is 0 Å². The van der Waals surface area contributed by atoms with Crippen molar-refractivity contribution in [3.8, 4) is 0 Å². The van der Waals surface area contributed by atoms with E-state index in [4.69, 9.17) is 4.74 Å². The highest BCUT2D eigenvalue weighted by molar-refractivity contribution is 7.11. The van der Waals surface area contributed by atoms with Gasteiger partial charge in [-0.2, -0.15) is 13.2 Å². The summed E-state index contributed by atoms with van der Waals surface area (Å²) in [6.07, 6.45) is -4.20. The third-order valence-corrected chi connectivity index (χ3v) is 3.90. The number of aromatic nitrogens is 1. The first-order valence-electron chi connectivity index (χ1n) is 6.59. The average molecular weight is 310 g/mol. The summed E-state index contributed by atoms with van der Waals surface area (Å²) in [6.45, 7) is 6.73. The fraction of sp³-hybridized carbons (Fsp3) is 0.769. The Bertz CT molecular complexity index is 414. The Kier molecular flexibility index (Phi) is 6.42. The van der Waals surface area contributed by atoms with Crippen molar-refractivity contribution in [2.24, 2.45) is 5.92 Å². The normalized spacial score (nSPS) is 14.0. The molecule has 0 spiro atoms. The van der Waals surface area contributed by atoms with Crippen molar-refractivity contribution in [2.45, 2.75) is 46.0 Å². The van der Waals surface area contributed by atoms with Gasteiger partial charge in [0.25, 0.3) is 0 Å². The van der Waals surface area contributed by atoms with E-state index in [1.165, 1.54) is 7.11 Å². The van der Waals surface area contributed by atoms with Gasteiger partial charge in [0, 0.05) is 13.7 Å². The maximum absolute atomic E-state index is 13.0. The van der Waals surface area contributed by atoms with Gasteiger partial charge in [0.15, 0.2) is 5.69 Å². The molecule has 0 amide bonds. The molecule has 0 aromatic carbocycles. The van der Waals surface area contributed by atoms with Crippen molar-refractivity contribution in [1.82, 2.24) is 10.3 Å². The first-order chi connectivity index (χ1) is 9.29. The van der Waals surface area contributed by atoms with E-state index in [1.807, 2.05) is 20.8 Å². The Morgan fingerprint density at radius 2 is 2.00 bits per heavy atom. The molecule has 20 heavy (non-hydrogen) atoms. The Balaban J connectivity index is 2.95. The molecular weight excluding hydrogens is 289 g/mol. The number of methoxy groups -OCH3 is 1. The van der Waals surface area contributed by atoms with Crippen LogP contribution in [0.2, 0.25) is 0 Å². The standard InChI is InChI=1S/C13H21F3N2OS/c1-5-9(19-4)12-18-11(13(14,15)16)10(20-12)7-17-6-8(2)3/h8-9,17H,5-7H2,1-4H3. The summed E-state index contributed by atoms with van der Waals surface area (Å²) >= 11 is 1.08. The minimum atomic E-state index is -4.42. The second kappa shape index (κ2) is 7.38. The monoisotopic (exact) mass is 310 g/mol. The molecule has 0 radical (unpaired) electrons. The highest BCUT2D eigenvalue weighted by Crippen LogP contribution is 2.37. The van der Waals surface area contributed by atoms with E-state index >= 15 is 0 Å². The minimum Gasteiger partial charge on any atom is -0.374 e. The lowest BCUT2D eigenvalue weighted by molar-refractivity contribution is -0.141. The zero-order valence-electron chi connectivity index (χ0n) is 12.2. The Morgan fingerprint density at radius 1 is 1.35 bits per heavy atom. The molecule has 3 nitrogen and oxygen atoms in total. The second-order valence-electron chi connectivity index (χ2n) is 4.98. The van der Waals surface area contributed by atoms with E-state index in [9.17, 15) is 13.2 Å². The number of rotatable bonds is 7. The molecule has 1 unspecified atom stereocenters. The van der Waals surface area contributed by atoms with Gasteiger partial charge in [-0.15, -0.1) is 11.3 Å². The van der Waals surface area contributed by atoms with E-state index in [0.717, 1.165) is 11.3 Å². The molecule has 0 saturated carbocycles. The van der Waals surface area contributed by atoms with E-state index < -0.39 is 11.9 Å². The van der Waals surface area contributed by atoms with Gasteiger partial charge in [0.05, 0.1) is 4.88 Å². The van der Waals surface area contributed by atoms with Gasteiger partial charge in [-0.3, -0.25) is 0 Å². The molecule has 1 heterocycles. The largest absolute Gasteiger partial charge is 0.434 e. The van der Waals surface area contributed by atoms with Gasteiger partial charge in [0.2, 0.25) is 0 Å². The van der Waals surface area contributed by atoms with Crippen LogP contribution >= 0.6 is 11.3 Å². The van der Waals surface area contributed by atoms with E-state index in [0.29, 0.717) is 23.9 Å². The minimum absolute atomic E-state index is 0.185. The summed E-state index contributed by atoms with van der Waals surface area (Å²) in [5.74, 6) is 0.388. The van der Waals surface area contributed by atoms with Crippen LogP contribution in [0.25, 0.3) is 0 Å². The highest BCUT2D eigenvalue weighted by Gasteiger charge is 2.38. The van der Waals surface area contributed by atoms with Crippen LogP contribution in [0, 0.1) is 5.92 Å².